The maximum absolute atomic E-state index is 4.44. The Morgan fingerprint density at radius 1 is 1.10 bits per heavy atom. The van der Waals surface area contributed by atoms with Crippen molar-refractivity contribution < 1.29 is 0 Å². The number of nitrogens with one attached hydrogen (secondary N) is 1. The summed E-state index contributed by atoms with van der Waals surface area (Å²) in [6, 6.07) is 8.75. The highest BCUT2D eigenvalue weighted by Crippen LogP contribution is 2.14. The van der Waals surface area contributed by atoms with Gasteiger partial charge in [-0.05, 0) is 17.7 Å². The number of halogens is 1. The van der Waals surface area contributed by atoms with Crippen LogP contribution in [0.5, 0.6) is 0 Å². The van der Waals surface area contributed by atoms with E-state index >= 15 is 0 Å². The highest BCUT2D eigenvalue weighted by Gasteiger charge is 2.05. The quantitative estimate of drug-likeness (QED) is 0.868. The lowest BCUT2D eigenvalue weighted by molar-refractivity contribution is 0.586. The van der Waals surface area contributed by atoms with Gasteiger partial charge in [0.05, 0.1) is 0 Å². The fourth-order valence-corrected chi connectivity index (χ4v) is 2.16. The zero-order chi connectivity index (χ0) is 15.2. The van der Waals surface area contributed by atoms with Crippen LogP contribution in [0.1, 0.15) is 25.0 Å². The van der Waals surface area contributed by atoms with Crippen molar-refractivity contribution in [2.45, 2.75) is 33.0 Å². The molecule has 0 fully saturated rings. The number of hydrogen-bond donors (Lipinski definition) is 1. The molecular formula is C16H21BrN4. The van der Waals surface area contributed by atoms with Crippen molar-refractivity contribution in [2.24, 2.45) is 0 Å². The smallest absolute Gasteiger partial charge is 0.225 e. The molecule has 0 spiro atoms. The Kier molecular flexibility index (Phi) is 5.70. The fraction of sp³-hybridized carbons (Fsp3) is 0.375. The third-order valence-electron chi connectivity index (χ3n) is 3.08. The standard InChI is InChI=1S/C16H21BrN4/c1-12(2)18-8-14-9-19-16(20-10-14)21(3)11-13-4-6-15(17)7-5-13/h4-7,9-10,12,18H,8,11H2,1-3H3. The third kappa shape index (κ3) is 5.10. The minimum absolute atomic E-state index is 0.463. The van der Waals surface area contributed by atoms with E-state index in [2.05, 4.69) is 57.2 Å². The van der Waals surface area contributed by atoms with Crippen molar-refractivity contribution in [3.8, 4) is 0 Å². The van der Waals surface area contributed by atoms with Gasteiger partial charge in [-0.2, -0.15) is 0 Å². The van der Waals surface area contributed by atoms with Crippen LogP contribution in [0.2, 0.25) is 0 Å². The fourth-order valence-electron chi connectivity index (χ4n) is 1.89. The number of aromatic nitrogens is 2. The molecule has 0 atom stereocenters. The summed E-state index contributed by atoms with van der Waals surface area (Å²) in [7, 11) is 2.00. The minimum Gasteiger partial charge on any atom is -0.340 e. The van der Waals surface area contributed by atoms with E-state index in [9.17, 15) is 0 Å². The van der Waals surface area contributed by atoms with Gasteiger partial charge in [0.2, 0.25) is 5.95 Å². The molecule has 1 aromatic carbocycles. The average Bonchev–Trinajstić information content (AvgIpc) is 2.48. The van der Waals surface area contributed by atoms with E-state index in [0.717, 1.165) is 29.1 Å². The molecular weight excluding hydrogens is 328 g/mol. The van der Waals surface area contributed by atoms with Crippen LogP contribution in [0.3, 0.4) is 0 Å². The molecule has 0 aliphatic rings. The van der Waals surface area contributed by atoms with E-state index in [0.29, 0.717) is 6.04 Å². The van der Waals surface area contributed by atoms with Crippen LogP contribution in [-0.4, -0.2) is 23.1 Å². The largest absolute Gasteiger partial charge is 0.340 e. The van der Waals surface area contributed by atoms with E-state index in [1.165, 1.54) is 5.56 Å². The molecule has 0 unspecified atom stereocenters. The van der Waals surface area contributed by atoms with Crippen molar-refractivity contribution >= 4 is 21.9 Å². The van der Waals surface area contributed by atoms with E-state index < -0.39 is 0 Å². The number of rotatable bonds is 6. The van der Waals surface area contributed by atoms with Crippen LogP contribution in [0.25, 0.3) is 0 Å². The maximum atomic E-state index is 4.44. The van der Waals surface area contributed by atoms with E-state index in [1.807, 2.05) is 36.5 Å². The van der Waals surface area contributed by atoms with E-state index in [-0.39, 0.29) is 0 Å². The summed E-state index contributed by atoms with van der Waals surface area (Å²) in [5, 5.41) is 3.36. The molecule has 0 aliphatic carbocycles. The number of anilines is 1. The second-order valence-corrected chi connectivity index (χ2v) is 6.33. The molecule has 4 nitrogen and oxygen atoms in total. The monoisotopic (exact) mass is 348 g/mol. The molecule has 112 valence electrons. The SMILES string of the molecule is CC(C)NCc1cnc(N(C)Cc2ccc(Br)cc2)nc1. The minimum atomic E-state index is 0.463. The molecule has 0 saturated heterocycles. The zero-order valence-corrected chi connectivity index (χ0v) is 14.3. The van der Waals surface area contributed by atoms with Crippen LogP contribution in [0.15, 0.2) is 41.1 Å². The summed E-state index contributed by atoms with van der Waals surface area (Å²) < 4.78 is 1.09. The van der Waals surface area contributed by atoms with Crippen LogP contribution in [0, 0.1) is 0 Å². The van der Waals surface area contributed by atoms with Gasteiger partial charge in [-0.15, -0.1) is 0 Å². The van der Waals surface area contributed by atoms with Crippen LogP contribution in [-0.2, 0) is 13.1 Å². The highest BCUT2D eigenvalue weighted by molar-refractivity contribution is 9.10. The first-order valence-electron chi connectivity index (χ1n) is 7.04. The summed E-state index contributed by atoms with van der Waals surface area (Å²) >= 11 is 3.45. The van der Waals surface area contributed by atoms with Gasteiger partial charge < -0.3 is 10.2 Å². The molecule has 0 aliphatic heterocycles. The van der Waals surface area contributed by atoms with Gasteiger partial charge in [-0.1, -0.05) is 41.9 Å². The Morgan fingerprint density at radius 3 is 2.29 bits per heavy atom. The van der Waals surface area contributed by atoms with Crippen molar-refractivity contribution in [3.63, 3.8) is 0 Å². The number of nitrogens with zero attached hydrogens (tertiary/aromatic N) is 3. The molecule has 1 heterocycles. The van der Waals surface area contributed by atoms with Gasteiger partial charge in [0.15, 0.2) is 0 Å². The van der Waals surface area contributed by atoms with E-state index in [1.54, 1.807) is 0 Å². The van der Waals surface area contributed by atoms with Gasteiger partial charge in [-0.25, -0.2) is 9.97 Å². The first-order valence-corrected chi connectivity index (χ1v) is 7.84. The summed E-state index contributed by atoms with van der Waals surface area (Å²) in [5.74, 6) is 0.742. The molecule has 2 aromatic rings. The highest BCUT2D eigenvalue weighted by atomic mass is 79.9. The van der Waals surface area contributed by atoms with Gasteiger partial charge in [0, 0.05) is 48.6 Å². The Balaban J connectivity index is 1.96. The third-order valence-corrected chi connectivity index (χ3v) is 3.61. The van der Waals surface area contributed by atoms with Crippen LogP contribution < -0.4 is 10.2 Å². The van der Waals surface area contributed by atoms with Gasteiger partial charge in [-0.3, -0.25) is 0 Å². The molecule has 0 amide bonds. The van der Waals surface area contributed by atoms with Crippen molar-refractivity contribution in [1.82, 2.24) is 15.3 Å². The second kappa shape index (κ2) is 7.52. The van der Waals surface area contributed by atoms with Crippen molar-refractivity contribution in [2.75, 3.05) is 11.9 Å². The Hall–Kier alpha value is -1.46. The summed E-state index contributed by atoms with van der Waals surface area (Å²) in [6.07, 6.45) is 3.77. The van der Waals surface area contributed by atoms with Crippen LogP contribution >= 0.6 is 15.9 Å². The topological polar surface area (TPSA) is 41.1 Å². The summed E-state index contributed by atoms with van der Waals surface area (Å²) in [6.45, 7) is 5.84. The number of benzene rings is 1. The molecule has 0 saturated carbocycles. The first kappa shape index (κ1) is 15.9. The Bertz CT molecular complexity index is 551. The lowest BCUT2D eigenvalue weighted by Gasteiger charge is -2.17. The molecule has 5 heteroatoms. The summed E-state index contributed by atoms with van der Waals surface area (Å²) in [5.41, 5.74) is 2.33. The lowest BCUT2D eigenvalue weighted by atomic mass is 10.2. The average molecular weight is 349 g/mol. The predicted octanol–water partition coefficient (Wildman–Crippen LogP) is 3.37. The molecule has 2 rings (SSSR count). The Labute approximate surface area is 134 Å². The molecule has 21 heavy (non-hydrogen) atoms. The summed E-state index contributed by atoms with van der Waals surface area (Å²) in [4.78, 5) is 10.9. The molecule has 0 radical (unpaired) electrons. The van der Waals surface area contributed by atoms with Crippen LogP contribution in [0.4, 0.5) is 5.95 Å². The molecule has 0 bridgehead atoms. The second-order valence-electron chi connectivity index (χ2n) is 5.41. The first-order chi connectivity index (χ1) is 10.0. The molecule has 1 N–H and O–H groups in total. The zero-order valence-electron chi connectivity index (χ0n) is 12.7. The predicted molar refractivity (Wildman–Crippen MR) is 90.3 cm³/mol. The van der Waals surface area contributed by atoms with Gasteiger partial charge >= 0.3 is 0 Å². The van der Waals surface area contributed by atoms with Gasteiger partial charge in [0.25, 0.3) is 0 Å². The lowest BCUT2D eigenvalue weighted by Crippen LogP contribution is -2.23. The van der Waals surface area contributed by atoms with Gasteiger partial charge in [0.1, 0.15) is 0 Å². The van der Waals surface area contributed by atoms with Crippen molar-refractivity contribution in [3.05, 3.63) is 52.3 Å². The normalized spacial score (nSPS) is 10.9. The van der Waals surface area contributed by atoms with Crippen molar-refractivity contribution in [1.29, 1.82) is 0 Å². The number of hydrogen-bond acceptors (Lipinski definition) is 4. The van der Waals surface area contributed by atoms with E-state index in [4.69, 9.17) is 0 Å². The Morgan fingerprint density at radius 2 is 1.71 bits per heavy atom. The maximum Gasteiger partial charge on any atom is 0.225 e. The molecule has 1 aromatic heterocycles.